The van der Waals surface area contributed by atoms with Crippen LogP contribution in [0.25, 0.3) is 0 Å². The van der Waals surface area contributed by atoms with E-state index in [9.17, 15) is 13.2 Å². The van der Waals surface area contributed by atoms with Crippen LogP contribution in [0, 0.1) is 0 Å². The van der Waals surface area contributed by atoms with Crippen LogP contribution in [-0.4, -0.2) is 37.5 Å². The van der Waals surface area contributed by atoms with Crippen LogP contribution in [0.1, 0.15) is 37.8 Å². The summed E-state index contributed by atoms with van der Waals surface area (Å²) >= 11 is 0. The maximum absolute atomic E-state index is 12.6. The lowest BCUT2D eigenvalue weighted by molar-refractivity contribution is -0.120. The molecule has 1 aliphatic heterocycles. The molecular weight excluding hydrogens is 374 g/mol. The summed E-state index contributed by atoms with van der Waals surface area (Å²) in [6.07, 6.45) is 3.35. The molecule has 1 heterocycles. The van der Waals surface area contributed by atoms with Crippen molar-refractivity contribution in [2.24, 2.45) is 0 Å². The Morgan fingerprint density at radius 3 is 2.32 bits per heavy atom. The third-order valence-electron chi connectivity index (χ3n) is 5.02. The molecule has 1 saturated heterocycles. The summed E-state index contributed by atoms with van der Waals surface area (Å²) in [7, 11) is -3.40. The van der Waals surface area contributed by atoms with E-state index in [-0.39, 0.29) is 11.9 Å². The number of carbonyl (C=O) groups excluding carboxylic acids is 1. The van der Waals surface area contributed by atoms with Gasteiger partial charge >= 0.3 is 0 Å². The van der Waals surface area contributed by atoms with E-state index in [2.05, 4.69) is 29.7 Å². The van der Waals surface area contributed by atoms with E-state index in [1.54, 1.807) is 0 Å². The second-order valence-corrected chi connectivity index (χ2v) is 9.16. The Bertz CT molecular complexity index is 898. The van der Waals surface area contributed by atoms with Gasteiger partial charge in [-0.1, -0.05) is 36.8 Å². The van der Waals surface area contributed by atoms with E-state index in [4.69, 9.17) is 0 Å². The summed E-state index contributed by atoms with van der Waals surface area (Å²) in [5, 5.41) is 6.28. The van der Waals surface area contributed by atoms with E-state index in [1.807, 2.05) is 42.5 Å². The van der Waals surface area contributed by atoms with Gasteiger partial charge in [-0.2, -0.15) is 4.31 Å². The van der Waals surface area contributed by atoms with Crippen molar-refractivity contribution >= 4 is 27.3 Å². The van der Waals surface area contributed by atoms with Gasteiger partial charge in [0.25, 0.3) is 0 Å². The number of hydrogen-bond donors (Lipinski definition) is 2. The molecule has 2 aromatic rings. The van der Waals surface area contributed by atoms with Gasteiger partial charge in [-0.05, 0) is 49.6 Å². The van der Waals surface area contributed by atoms with Crippen LogP contribution >= 0.6 is 0 Å². The smallest absolute Gasteiger partial charge is 0.242 e. The van der Waals surface area contributed by atoms with Gasteiger partial charge in [0.2, 0.25) is 15.9 Å². The van der Waals surface area contributed by atoms with Crippen LogP contribution in [0.2, 0.25) is 0 Å². The molecule has 2 aromatic carbocycles. The number of amides is 1. The molecule has 0 radical (unpaired) electrons. The SMILES string of the molecule is CC(Nc1ccc(NC(=O)C2CCCCN2S(C)(=O)=O)cc1)c1ccccc1. The van der Waals surface area contributed by atoms with E-state index in [1.165, 1.54) is 9.87 Å². The Morgan fingerprint density at radius 1 is 1.04 bits per heavy atom. The standard InChI is InChI=1S/C21H27N3O3S/c1-16(17-8-4-3-5-9-17)22-18-11-13-19(14-12-18)23-21(25)20-10-6-7-15-24(20)28(2,26)27/h3-5,8-9,11-14,16,20,22H,6-7,10,15H2,1-2H3,(H,23,25). The normalized spacial score (nSPS) is 19.0. The highest BCUT2D eigenvalue weighted by Gasteiger charge is 2.34. The number of nitrogens with zero attached hydrogens (tertiary/aromatic N) is 1. The fraction of sp³-hybridized carbons (Fsp3) is 0.381. The van der Waals surface area contributed by atoms with Crippen LogP contribution in [0.3, 0.4) is 0 Å². The van der Waals surface area contributed by atoms with Gasteiger partial charge in [0.05, 0.1) is 6.26 Å². The van der Waals surface area contributed by atoms with Crippen molar-refractivity contribution in [2.45, 2.75) is 38.3 Å². The number of sulfonamides is 1. The number of hydrogen-bond acceptors (Lipinski definition) is 4. The molecule has 2 N–H and O–H groups in total. The average Bonchev–Trinajstić information content (AvgIpc) is 2.69. The fourth-order valence-electron chi connectivity index (χ4n) is 3.51. The van der Waals surface area contributed by atoms with Crippen LogP contribution in [0.15, 0.2) is 54.6 Å². The largest absolute Gasteiger partial charge is 0.379 e. The molecule has 7 heteroatoms. The first kappa shape index (κ1) is 20.4. The lowest BCUT2D eigenvalue weighted by atomic mass is 10.0. The second-order valence-electron chi connectivity index (χ2n) is 7.23. The molecule has 1 aliphatic rings. The molecule has 0 spiro atoms. The molecule has 3 rings (SSSR count). The summed E-state index contributed by atoms with van der Waals surface area (Å²) in [4.78, 5) is 12.6. The number of benzene rings is 2. The van der Waals surface area contributed by atoms with Crippen LogP contribution in [-0.2, 0) is 14.8 Å². The Hall–Kier alpha value is -2.38. The van der Waals surface area contributed by atoms with Crippen molar-refractivity contribution in [3.05, 3.63) is 60.2 Å². The maximum Gasteiger partial charge on any atom is 0.242 e. The topological polar surface area (TPSA) is 78.5 Å². The van der Waals surface area contributed by atoms with E-state index < -0.39 is 16.1 Å². The fourth-order valence-corrected chi connectivity index (χ4v) is 4.64. The van der Waals surface area contributed by atoms with Gasteiger partial charge in [0, 0.05) is 24.0 Å². The molecule has 6 nitrogen and oxygen atoms in total. The zero-order chi connectivity index (χ0) is 20.1. The Kier molecular flexibility index (Phi) is 6.36. The summed E-state index contributed by atoms with van der Waals surface area (Å²) in [6, 6.07) is 17.1. The minimum atomic E-state index is -3.40. The molecule has 150 valence electrons. The third kappa shape index (κ3) is 5.11. The molecule has 0 aliphatic carbocycles. The molecule has 0 aromatic heterocycles. The van der Waals surface area contributed by atoms with Crippen molar-refractivity contribution in [1.82, 2.24) is 4.31 Å². The summed E-state index contributed by atoms with van der Waals surface area (Å²) in [6.45, 7) is 2.49. The van der Waals surface area contributed by atoms with E-state index in [0.29, 0.717) is 18.7 Å². The van der Waals surface area contributed by atoms with Crippen molar-refractivity contribution in [3.63, 3.8) is 0 Å². The van der Waals surface area contributed by atoms with Gasteiger partial charge in [0.1, 0.15) is 6.04 Å². The molecule has 1 fully saturated rings. The van der Waals surface area contributed by atoms with Crippen molar-refractivity contribution in [1.29, 1.82) is 0 Å². The first-order valence-electron chi connectivity index (χ1n) is 9.54. The molecule has 28 heavy (non-hydrogen) atoms. The molecule has 2 unspecified atom stereocenters. The maximum atomic E-state index is 12.6. The minimum Gasteiger partial charge on any atom is -0.379 e. The zero-order valence-corrected chi connectivity index (χ0v) is 17.1. The van der Waals surface area contributed by atoms with Crippen molar-refractivity contribution in [2.75, 3.05) is 23.4 Å². The molecule has 1 amide bonds. The zero-order valence-electron chi connectivity index (χ0n) is 16.3. The van der Waals surface area contributed by atoms with Crippen LogP contribution in [0.5, 0.6) is 0 Å². The predicted octanol–water partition coefficient (Wildman–Crippen LogP) is 3.61. The Balaban J connectivity index is 1.63. The monoisotopic (exact) mass is 401 g/mol. The first-order valence-corrected chi connectivity index (χ1v) is 11.4. The van der Waals surface area contributed by atoms with Crippen LogP contribution in [0.4, 0.5) is 11.4 Å². The Morgan fingerprint density at radius 2 is 1.68 bits per heavy atom. The predicted molar refractivity (Wildman–Crippen MR) is 113 cm³/mol. The highest BCUT2D eigenvalue weighted by Crippen LogP contribution is 2.23. The number of piperidine rings is 1. The molecule has 2 atom stereocenters. The molecule has 0 bridgehead atoms. The van der Waals surface area contributed by atoms with Crippen LogP contribution < -0.4 is 10.6 Å². The highest BCUT2D eigenvalue weighted by molar-refractivity contribution is 7.88. The van der Waals surface area contributed by atoms with E-state index >= 15 is 0 Å². The van der Waals surface area contributed by atoms with Gasteiger partial charge in [0.15, 0.2) is 0 Å². The average molecular weight is 402 g/mol. The van der Waals surface area contributed by atoms with Crippen molar-refractivity contribution in [3.8, 4) is 0 Å². The lowest BCUT2D eigenvalue weighted by Gasteiger charge is -2.32. The summed E-state index contributed by atoms with van der Waals surface area (Å²) < 4.78 is 25.2. The number of carbonyl (C=O) groups is 1. The summed E-state index contributed by atoms with van der Waals surface area (Å²) in [5.74, 6) is -0.275. The third-order valence-corrected chi connectivity index (χ3v) is 6.31. The number of anilines is 2. The van der Waals surface area contributed by atoms with Gasteiger partial charge in [-0.25, -0.2) is 8.42 Å². The molecular formula is C21H27N3O3S. The quantitative estimate of drug-likeness (QED) is 0.775. The lowest BCUT2D eigenvalue weighted by Crippen LogP contribution is -2.49. The Labute approximate surface area is 167 Å². The number of rotatable bonds is 6. The van der Waals surface area contributed by atoms with E-state index in [0.717, 1.165) is 24.8 Å². The molecule has 0 saturated carbocycles. The van der Waals surface area contributed by atoms with Crippen molar-refractivity contribution < 1.29 is 13.2 Å². The van der Waals surface area contributed by atoms with Gasteiger partial charge in [-0.15, -0.1) is 0 Å². The summed E-state index contributed by atoms with van der Waals surface area (Å²) in [5.41, 5.74) is 2.80. The highest BCUT2D eigenvalue weighted by atomic mass is 32.2. The minimum absolute atomic E-state index is 0.159. The van der Waals surface area contributed by atoms with Gasteiger partial charge in [-0.3, -0.25) is 4.79 Å². The number of nitrogens with one attached hydrogen (secondary N) is 2. The first-order chi connectivity index (χ1) is 13.3. The second kappa shape index (κ2) is 8.75. The van der Waals surface area contributed by atoms with Gasteiger partial charge < -0.3 is 10.6 Å².